The summed E-state index contributed by atoms with van der Waals surface area (Å²) in [5, 5.41) is 2.75. The summed E-state index contributed by atoms with van der Waals surface area (Å²) in [5.74, 6) is 2.45. The van der Waals surface area contributed by atoms with Gasteiger partial charge in [0.05, 0.1) is 11.6 Å². The molecular weight excluding hydrogens is 227 g/mol. The lowest BCUT2D eigenvalue weighted by Crippen LogP contribution is -2.19. The fraction of sp³-hybridized carbons (Fsp3) is 0.385. The molecule has 0 spiro atoms. The molecule has 1 aromatic carbocycles. The summed E-state index contributed by atoms with van der Waals surface area (Å²) in [6, 6.07) is 4.98. The average Bonchev–Trinajstić information content (AvgIpc) is 2.27. The number of hydrogen-bond donors (Lipinski definition) is 1. The van der Waals surface area contributed by atoms with Gasteiger partial charge >= 0.3 is 6.18 Å². The van der Waals surface area contributed by atoms with E-state index in [1.165, 1.54) is 12.1 Å². The molecular formula is C13H14F3N. The highest BCUT2D eigenvalue weighted by Crippen LogP contribution is 2.34. The highest BCUT2D eigenvalue weighted by atomic mass is 19.4. The second-order valence-electron chi connectivity index (χ2n) is 3.70. The van der Waals surface area contributed by atoms with Crippen LogP contribution in [0, 0.1) is 12.3 Å². The Hall–Kier alpha value is -1.63. The van der Waals surface area contributed by atoms with E-state index < -0.39 is 11.7 Å². The van der Waals surface area contributed by atoms with Crippen molar-refractivity contribution in [1.82, 2.24) is 0 Å². The third-order valence-electron chi connectivity index (χ3n) is 2.34. The van der Waals surface area contributed by atoms with Gasteiger partial charge in [-0.1, -0.05) is 31.4 Å². The highest BCUT2D eigenvalue weighted by Gasteiger charge is 2.33. The smallest absolute Gasteiger partial charge is 0.371 e. The predicted octanol–water partition coefficient (Wildman–Crippen LogP) is 3.92. The SMILES string of the molecule is C#CC(CCC)Nc1ccccc1C(F)(F)F. The molecule has 0 aromatic heterocycles. The normalized spacial score (nSPS) is 12.9. The fourth-order valence-electron chi connectivity index (χ4n) is 1.53. The number of terminal acetylenes is 1. The standard InChI is InChI=1S/C13H14F3N/c1-3-7-10(4-2)17-12-9-6-5-8-11(12)13(14,15)16/h2,5-6,8-10,17H,3,7H2,1H3. The van der Waals surface area contributed by atoms with Crippen LogP contribution in [0.3, 0.4) is 0 Å². The first-order chi connectivity index (χ1) is 7.99. The summed E-state index contributed by atoms with van der Waals surface area (Å²) >= 11 is 0. The van der Waals surface area contributed by atoms with Gasteiger partial charge in [0.2, 0.25) is 0 Å². The maximum atomic E-state index is 12.7. The van der Waals surface area contributed by atoms with Crippen LogP contribution in [0.4, 0.5) is 18.9 Å². The molecule has 0 amide bonds. The van der Waals surface area contributed by atoms with Crippen molar-refractivity contribution >= 4 is 5.69 Å². The van der Waals surface area contributed by atoms with Crippen LogP contribution in [-0.2, 0) is 6.18 Å². The summed E-state index contributed by atoms with van der Waals surface area (Å²) in [6.45, 7) is 1.93. The third kappa shape index (κ3) is 3.70. The number of para-hydroxylation sites is 1. The molecule has 0 fully saturated rings. The molecule has 1 rings (SSSR count). The molecule has 0 saturated heterocycles. The Balaban J connectivity index is 2.95. The number of rotatable bonds is 4. The van der Waals surface area contributed by atoms with Crippen LogP contribution in [0.25, 0.3) is 0 Å². The summed E-state index contributed by atoms with van der Waals surface area (Å²) in [4.78, 5) is 0. The minimum absolute atomic E-state index is 0.0383. The van der Waals surface area contributed by atoms with Gasteiger partial charge < -0.3 is 5.32 Å². The Morgan fingerprint density at radius 1 is 1.35 bits per heavy atom. The van der Waals surface area contributed by atoms with Crippen LogP contribution >= 0.6 is 0 Å². The van der Waals surface area contributed by atoms with Crippen molar-refractivity contribution < 1.29 is 13.2 Å². The number of benzene rings is 1. The lowest BCUT2D eigenvalue weighted by molar-refractivity contribution is -0.137. The molecule has 0 saturated carbocycles. The van der Waals surface area contributed by atoms with Crippen molar-refractivity contribution in [2.24, 2.45) is 0 Å². The summed E-state index contributed by atoms with van der Waals surface area (Å²) in [7, 11) is 0. The Morgan fingerprint density at radius 3 is 2.53 bits per heavy atom. The van der Waals surface area contributed by atoms with Gasteiger partial charge in [0.25, 0.3) is 0 Å². The summed E-state index contributed by atoms with van der Waals surface area (Å²) in [6.07, 6.45) is 2.36. The minimum atomic E-state index is -4.37. The predicted molar refractivity (Wildman–Crippen MR) is 62.6 cm³/mol. The van der Waals surface area contributed by atoms with Gasteiger partial charge in [0.1, 0.15) is 0 Å². The molecule has 17 heavy (non-hydrogen) atoms. The first-order valence-electron chi connectivity index (χ1n) is 5.38. The van der Waals surface area contributed by atoms with Gasteiger partial charge in [-0.3, -0.25) is 0 Å². The zero-order valence-electron chi connectivity index (χ0n) is 9.51. The third-order valence-corrected chi connectivity index (χ3v) is 2.34. The van der Waals surface area contributed by atoms with Crippen LogP contribution in [0.2, 0.25) is 0 Å². The van der Waals surface area contributed by atoms with Crippen molar-refractivity contribution in [3.63, 3.8) is 0 Å². The monoisotopic (exact) mass is 241 g/mol. The van der Waals surface area contributed by atoms with E-state index in [0.29, 0.717) is 6.42 Å². The molecule has 0 aliphatic rings. The van der Waals surface area contributed by atoms with E-state index in [0.717, 1.165) is 12.5 Å². The van der Waals surface area contributed by atoms with E-state index in [1.54, 1.807) is 6.07 Å². The topological polar surface area (TPSA) is 12.0 Å². The number of alkyl halides is 3. The zero-order valence-corrected chi connectivity index (χ0v) is 9.51. The van der Waals surface area contributed by atoms with E-state index in [2.05, 4.69) is 11.2 Å². The lowest BCUT2D eigenvalue weighted by Gasteiger charge is -2.18. The first kappa shape index (κ1) is 13.4. The number of nitrogens with one attached hydrogen (secondary N) is 1. The van der Waals surface area contributed by atoms with E-state index in [9.17, 15) is 13.2 Å². The summed E-state index contributed by atoms with van der Waals surface area (Å²) < 4.78 is 38.1. The Morgan fingerprint density at radius 2 is 2.00 bits per heavy atom. The minimum Gasteiger partial charge on any atom is -0.371 e. The zero-order chi connectivity index (χ0) is 12.9. The van der Waals surface area contributed by atoms with Crippen molar-refractivity contribution in [2.45, 2.75) is 32.0 Å². The molecule has 0 radical (unpaired) electrons. The lowest BCUT2D eigenvalue weighted by atomic mass is 10.1. The Kier molecular flexibility index (Phi) is 4.45. The van der Waals surface area contributed by atoms with Crippen LogP contribution in [0.15, 0.2) is 24.3 Å². The molecule has 0 aliphatic heterocycles. The molecule has 1 aromatic rings. The largest absolute Gasteiger partial charge is 0.418 e. The van der Waals surface area contributed by atoms with Gasteiger partial charge in [-0.05, 0) is 18.6 Å². The number of anilines is 1. The van der Waals surface area contributed by atoms with Gasteiger partial charge in [-0.25, -0.2) is 0 Å². The maximum absolute atomic E-state index is 12.7. The highest BCUT2D eigenvalue weighted by molar-refractivity contribution is 5.54. The van der Waals surface area contributed by atoms with Crippen molar-refractivity contribution in [3.05, 3.63) is 29.8 Å². The molecule has 4 heteroatoms. The molecule has 1 nitrogen and oxygen atoms in total. The van der Waals surface area contributed by atoms with Crippen LogP contribution < -0.4 is 5.32 Å². The molecule has 1 unspecified atom stereocenters. The quantitative estimate of drug-likeness (QED) is 0.788. The van der Waals surface area contributed by atoms with Crippen molar-refractivity contribution in [3.8, 4) is 12.3 Å². The van der Waals surface area contributed by atoms with E-state index in [1.807, 2.05) is 6.92 Å². The molecule has 1 atom stereocenters. The molecule has 1 N–H and O–H groups in total. The number of hydrogen-bond acceptors (Lipinski definition) is 1. The van der Waals surface area contributed by atoms with E-state index in [-0.39, 0.29) is 11.7 Å². The fourth-order valence-corrected chi connectivity index (χ4v) is 1.53. The molecule has 0 bridgehead atoms. The van der Waals surface area contributed by atoms with Crippen LogP contribution in [-0.4, -0.2) is 6.04 Å². The Labute approximate surface area is 99.0 Å². The molecule has 92 valence electrons. The van der Waals surface area contributed by atoms with E-state index >= 15 is 0 Å². The van der Waals surface area contributed by atoms with Gasteiger partial charge in [0, 0.05) is 5.69 Å². The van der Waals surface area contributed by atoms with Crippen molar-refractivity contribution in [1.29, 1.82) is 0 Å². The number of halogens is 3. The van der Waals surface area contributed by atoms with Gasteiger partial charge in [-0.2, -0.15) is 13.2 Å². The van der Waals surface area contributed by atoms with E-state index in [4.69, 9.17) is 6.42 Å². The summed E-state index contributed by atoms with van der Waals surface area (Å²) in [5.41, 5.74) is -0.646. The second kappa shape index (κ2) is 5.62. The first-order valence-corrected chi connectivity index (χ1v) is 5.38. The second-order valence-corrected chi connectivity index (χ2v) is 3.70. The van der Waals surface area contributed by atoms with Gasteiger partial charge in [0.15, 0.2) is 0 Å². The van der Waals surface area contributed by atoms with Crippen LogP contribution in [0.5, 0.6) is 0 Å². The Bertz CT molecular complexity index is 404. The van der Waals surface area contributed by atoms with Crippen LogP contribution in [0.1, 0.15) is 25.3 Å². The molecule has 0 aliphatic carbocycles. The molecule has 0 heterocycles. The average molecular weight is 241 g/mol. The maximum Gasteiger partial charge on any atom is 0.418 e. The van der Waals surface area contributed by atoms with Crippen molar-refractivity contribution in [2.75, 3.05) is 5.32 Å². The van der Waals surface area contributed by atoms with Gasteiger partial charge in [-0.15, -0.1) is 6.42 Å².